The number of benzene rings is 1. The second-order valence-electron chi connectivity index (χ2n) is 3.52. The van der Waals surface area contributed by atoms with Crippen LogP contribution in [0.25, 0.3) is 0 Å². The molecule has 0 radical (unpaired) electrons. The number of aliphatic carboxylic acids is 1. The van der Waals surface area contributed by atoms with Crippen LogP contribution in [0.4, 0.5) is 0 Å². The summed E-state index contributed by atoms with van der Waals surface area (Å²) in [6, 6.07) is 5.13. The zero-order valence-electron chi connectivity index (χ0n) is 8.55. The van der Waals surface area contributed by atoms with Crippen molar-refractivity contribution in [2.45, 2.75) is 6.42 Å². The second-order valence-corrected chi connectivity index (χ2v) is 3.52. The minimum atomic E-state index is -1.03. The Morgan fingerprint density at radius 1 is 1.56 bits per heavy atom. The van der Waals surface area contributed by atoms with E-state index in [1.807, 2.05) is 6.07 Å². The standard InChI is InChI=1S/C10H11BO5/c12-10(13)6-15-8-2-1-7-3-4-16-11(14)9(7)5-8/h1-2,5,14H,3-4,6H2,(H,12,13). The lowest BCUT2D eigenvalue weighted by atomic mass is 9.73. The Morgan fingerprint density at radius 2 is 2.38 bits per heavy atom. The summed E-state index contributed by atoms with van der Waals surface area (Å²) < 4.78 is 10.1. The van der Waals surface area contributed by atoms with Crippen LogP contribution < -0.4 is 10.2 Å². The topological polar surface area (TPSA) is 76.0 Å². The molecule has 0 spiro atoms. The van der Waals surface area contributed by atoms with E-state index >= 15 is 0 Å². The lowest BCUT2D eigenvalue weighted by Gasteiger charge is -2.19. The van der Waals surface area contributed by atoms with Crippen LogP contribution in [0.2, 0.25) is 0 Å². The monoisotopic (exact) mass is 222 g/mol. The van der Waals surface area contributed by atoms with Gasteiger partial charge in [-0.25, -0.2) is 4.79 Å². The van der Waals surface area contributed by atoms with Crippen LogP contribution in [-0.4, -0.2) is 36.4 Å². The Morgan fingerprint density at radius 3 is 3.12 bits per heavy atom. The Kier molecular flexibility index (Phi) is 3.12. The molecule has 1 aliphatic heterocycles. The maximum absolute atomic E-state index is 10.3. The molecule has 0 bridgehead atoms. The Hall–Kier alpha value is -1.53. The van der Waals surface area contributed by atoms with Crippen molar-refractivity contribution < 1.29 is 24.3 Å². The summed E-state index contributed by atoms with van der Waals surface area (Å²) >= 11 is 0. The quantitative estimate of drug-likeness (QED) is 0.668. The first-order chi connectivity index (χ1) is 7.66. The smallest absolute Gasteiger partial charge is 0.482 e. The summed E-state index contributed by atoms with van der Waals surface area (Å²) in [7, 11) is -0.947. The van der Waals surface area contributed by atoms with Crippen LogP contribution in [0.5, 0.6) is 5.75 Å². The van der Waals surface area contributed by atoms with Gasteiger partial charge in [0.1, 0.15) is 5.75 Å². The molecule has 0 fully saturated rings. The molecule has 2 rings (SSSR count). The Labute approximate surface area is 92.8 Å². The SMILES string of the molecule is O=C(O)COc1ccc2c(c1)B(O)OCC2. The highest BCUT2D eigenvalue weighted by molar-refractivity contribution is 6.60. The lowest BCUT2D eigenvalue weighted by Crippen LogP contribution is -2.41. The number of rotatable bonds is 3. The van der Waals surface area contributed by atoms with Crippen molar-refractivity contribution in [3.8, 4) is 5.75 Å². The average Bonchev–Trinajstić information content (AvgIpc) is 2.27. The van der Waals surface area contributed by atoms with Gasteiger partial charge in [-0.3, -0.25) is 0 Å². The second kappa shape index (κ2) is 4.55. The van der Waals surface area contributed by atoms with Gasteiger partial charge in [-0.15, -0.1) is 0 Å². The predicted octanol–water partition coefficient (Wildman–Crippen LogP) is -0.590. The largest absolute Gasteiger partial charge is 0.491 e. The van der Waals surface area contributed by atoms with E-state index < -0.39 is 19.7 Å². The van der Waals surface area contributed by atoms with Crippen molar-refractivity contribution >= 4 is 18.6 Å². The molecule has 1 heterocycles. The number of hydrogen-bond acceptors (Lipinski definition) is 4. The number of fused-ring (bicyclic) bond motifs is 1. The van der Waals surface area contributed by atoms with E-state index in [9.17, 15) is 9.82 Å². The maximum Gasteiger partial charge on any atom is 0.491 e. The van der Waals surface area contributed by atoms with Gasteiger partial charge in [0.05, 0.1) is 0 Å². The van der Waals surface area contributed by atoms with Gasteiger partial charge in [0, 0.05) is 6.61 Å². The van der Waals surface area contributed by atoms with Gasteiger partial charge in [-0.05, 0) is 29.6 Å². The van der Waals surface area contributed by atoms with Crippen molar-refractivity contribution in [2.24, 2.45) is 0 Å². The predicted molar refractivity (Wildman–Crippen MR) is 56.8 cm³/mol. The molecular weight excluding hydrogens is 211 g/mol. The molecule has 5 nitrogen and oxygen atoms in total. The minimum absolute atomic E-state index is 0.393. The van der Waals surface area contributed by atoms with Crippen molar-refractivity contribution in [3.05, 3.63) is 23.8 Å². The van der Waals surface area contributed by atoms with Gasteiger partial charge in [0.25, 0.3) is 0 Å². The van der Waals surface area contributed by atoms with Crippen molar-refractivity contribution in [2.75, 3.05) is 13.2 Å². The van der Waals surface area contributed by atoms with Crippen molar-refractivity contribution in [1.29, 1.82) is 0 Å². The number of carboxylic acid groups (broad SMARTS) is 1. The molecule has 16 heavy (non-hydrogen) atoms. The van der Waals surface area contributed by atoms with E-state index in [4.69, 9.17) is 14.5 Å². The molecule has 0 saturated heterocycles. The average molecular weight is 222 g/mol. The fraction of sp³-hybridized carbons (Fsp3) is 0.300. The zero-order valence-corrected chi connectivity index (χ0v) is 8.55. The van der Waals surface area contributed by atoms with Crippen LogP contribution in [0.3, 0.4) is 0 Å². The molecule has 2 N–H and O–H groups in total. The van der Waals surface area contributed by atoms with E-state index in [-0.39, 0.29) is 0 Å². The summed E-state index contributed by atoms with van der Waals surface area (Å²) in [4.78, 5) is 10.3. The van der Waals surface area contributed by atoms with Crippen LogP contribution in [0.1, 0.15) is 5.56 Å². The van der Waals surface area contributed by atoms with Crippen LogP contribution in [0, 0.1) is 0 Å². The van der Waals surface area contributed by atoms with Crippen LogP contribution >= 0.6 is 0 Å². The van der Waals surface area contributed by atoms with E-state index in [1.54, 1.807) is 12.1 Å². The highest BCUT2D eigenvalue weighted by atomic mass is 16.5. The molecule has 1 aromatic carbocycles. The fourth-order valence-corrected chi connectivity index (χ4v) is 1.64. The first-order valence-electron chi connectivity index (χ1n) is 4.94. The number of ether oxygens (including phenoxy) is 1. The van der Waals surface area contributed by atoms with Crippen molar-refractivity contribution in [1.82, 2.24) is 0 Å². The minimum Gasteiger partial charge on any atom is -0.482 e. The van der Waals surface area contributed by atoms with Gasteiger partial charge in [-0.2, -0.15) is 0 Å². The summed E-state index contributed by atoms with van der Waals surface area (Å²) in [5.74, 6) is -0.611. The van der Waals surface area contributed by atoms with Gasteiger partial charge in [-0.1, -0.05) is 6.07 Å². The molecule has 0 aliphatic carbocycles. The zero-order chi connectivity index (χ0) is 11.5. The molecule has 6 heteroatoms. The highest BCUT2D eigenvalue weighted by Crippen LogP contribution is 2.14. The third-order valence-corrected chi connectivity index (χ3v) is 2.39. The van der Waals surface area contributed by atoms with Crippen molar-refractivity contribution in [3.63, 3.8) is 0 Å². The van der Waals surface area contributed by atoms with Crippen LogP contribution in [0.15, 0.2) is 18.2 Å². The highest BCUT2D eigenvalue weighted by Gasteiger charge is 2.25. The molecule has 0 amide bonds. The fourth-order valence-electron chi connectivity index (χ4n) is 1.64. The number of carbonyl (C=O) groups is 1. The van der Waals surface area contributed by atoms with Gasteiger partial charge >= 0.3 is 13.1 Å². The maximum atomic E-state index is 10.3. The summed E-state index contributed by atoms with van der Waals surface area (Å²) in [6.07, 6.45) is 0.742. The van der Waals surface area contributed by atoms with Gasteiger partial charge in [0.15, 0.2) is 6.61 Å². The van der Waals surface area contributed by atoms with E-state index in [0.29, 0.717) is 17.8 Å². The third-order valence-electron chi connectivity index (χ3n) is 2.39. The molecule has 0 saturated carbocycles. The van der Waals surface area contributed by atoms with E-state index in [0.717, 1.165) is 12.0 Å². The Balaban J connectivity index is 2.17. The summed E-state index contributed by atoms with van der Waals surface area (Å²) in [5.41, 5.74) is 1.65. The van der Waals surface area contributed by atoms with E-state index in [2.05, 4.69) is 0 Å². The first kappa shape index (κ1) is 11.0. The van der Waals surface area contributed by atoms with Gasteiger partial charge in [0.2, 0.25) is 0 Å². The van der Waals surface area contributed by atoms with E-state index in [1.165, 1.54) is 0 Å². The lowest BCUT2D eigenvalue weighted by molar-refractivity contribution is -0.139. The Bertz CT molecular complexity index is 406. The van der Waals surface area contributed by atoms with Gasteiger partial charge < -0.3 is 19.5 Å². The molecular formula is C10H11BO5. The molecule has 1 aliphatic rings. The third kappa shape index (κ3) is 2.34. The van der Waals surface area contributed by atoms with Crippen LogP contribution in [-0.2, 0) is 15.9 Å². The summed E-state index contributed by atoms with van der Waals surface area (Å²) in [5, 5.41) is 18.0. The normalized spacial score (nSPS) is 14.4. The number of hydrogen-bond donors (Lipinski definition) is 2. The summed E-state index contributed by atoms with van der Waals surface area (Å²) in [6.45, 7) is 0.0965. The molecule has 0 unspecified atom stereocenters. The molecule has 0 aromatic heterocycles. The first-order valence-corrected chi connectivity index (χ1v) is 4.94. The number of carboxylic acids is 1. The molecule has 84 valence electrons. The molecule has 0 atom stereocenters. The molecule has 1 aromatic rings.